The van der Waals surface area contributed by atoms with Gasteiger partial charge < -0.3 is 15.4 Å². The number of carbonyl (C=O) groups is 1. The first-order valence-electron chi connectivity index (χ1n) is 8.98. The van der Waals surface area contributed by atoms with Crippen LogP contribution in [0.25, 0.3) is 5.57 Å². The van der Waals surface area contributed by atoms with Crippen LogP contribution in [0.3, 0.4) is 0 Å². The Balaban J connectivity index is 1.84. The van der Waals surface area contributed by atoms with E-state index < -0.39 is 5.41 Å². The fourth-order valence-corrected chi connectivity index (χ4v) is 4.85. The van der Waals surface area contributed by atoms with E-state index in [2.05, 4.69) is 10.6 Å². The monoisotopic (exact) mass is 350 g/mol. The van der Waals surface area contributed by atoms with Gasteiger partial charge in [0.2, 0.25) is 0 Å². The van der Waals surface area contributed by atoms with Gasteiger partial charge in [-0.3, -0.25) is 0 Å². The Bertz CT molecular complexity index is 968. The quantitative estimate of drug-likeness (QED) is 0.814. The van der Waals surface area contributed by atoms with Crippen molar-refractivity contribution in [1.82, 2.24) is 5.32 Å². The zero-order chi connectivity index (χ0) is 17.9. The van der Waals surface area contributed by atoms with Gasteiger partial charge >= 0.3 is 5.97 Å². The van der Waals surface area contributed by atoms with Gasteiger partial charge in [0, 0.05) is 17.9 Å². The maximum atomic E-state index is 14.1. The molecule has 5 heteroatoms. The number of ether oxygens (including phenoxy) is 1. The lowest BCUT2D eigenvalue weighted by molar-refractivity contribution is -0.136. The molecular weight excluding hydrogens is 331 g/mol. The highest BCUT2D eigenvalue weighted by Crippen LogP contribution is 2.60. The van der Waals surface area contributed by atoms with Gasteiger partial charge in [0.25, 0.3) is 0 Å². The highest BCUT2D eigenvalue weighted by atomic mass is 19.1. The first-order chi connectivity index (χ1) is 12.7. The molecule has 0 radical (unpaired) electrons. The third-order valence-corrected chi connectivity index (χ3v) is 5.79. The number of carbonyl (C=O) groups excluding carboxylic acids is 1. The van der Waals surface area contributed by atoms with Crippen LogP contribution in [0.1, 0.15) is 36.1 Å². The van der Waals surface area contributed by atoms with Crippen molar-refractivity contribution in [3.8, 4) is 0 Å². The molecular formula is C21H19FN2O2. The number of anilines is 1. The Morgan fingerprint density at radius 2 is 2.15 bits per heavy atom. The maximum Gasteiger partial charge on any atom is 0.340 e. The van der Waals surface area contributed by atoms with Crippen LogP contribution in [0, 0.1) is 5.82 Å². The number of benzene rings is 2. The largest absolute Gasteiger partial charge is 0.462 e. The molecule has 2 heterocycles. The van der Waals surface area contributed by atoms with Gasteiger partial charge in [-0.05, 0) is 48.2 Å². The molecule has 1 spiro atoms. The van der Waals surface area contributed by atoms with Gasteiger partial charge in [-0.15, -0.1) is 0 Å². The summed E-state index contributed by atoms with van der Waals surface area (Å²) in [6, 6.07) is 12.8. The van der Waals surface area contributed by atoms with Crippen LogP contribution in [-0.4, -0.2) is 19.1 Å². The molecule has 2 atom stereocenters. The minimum atomic E-state index is -0.464. The first kappa shape index (κ1) is 15.4. The molecule has 1 saturated heterocycles. The summed E-state index contributed by atoms with van der Waals surface area (Å²) in [7, 11) is 0. The van der Waals surface area contributed by atoms with Crippen LogP contribution in [-0.2, 0) is 14.9 Å². The number of halogens is 1. The third kappa shape index (κ3) is 1.80. The smallest absolute Gasteiger partial charge is 0.340 e. The highest BCUT2D eigenvalue weighted by Gasteiger charge is 2.57. The van der Waals surface area contributed by atoms with E-state index in [0.29, 0.717) is 12.2 Å². The minimum Gasteiger partial charge on any atom is -0.462 e. The van der Waals surface area contributed by atoms with Crippen molar-refractivity contribution in [1.29, 1.82) is 0 Å². The molecule has 0 saturated carbocycles. The van der Waals surface area contributed by atoms with E-state index in [1.807, 2.05) is 24.3 Å². The van der Waals surface area contributed by atoms with E-state index in [1.165, 1.54) is 6.07 Å². The van der Waals surface area contributed by atoms with Crippen molar-refractivity contribution in [2.75, 3.05) is 18.5 Å². The highest BCUT2D eigenvalue weighted by molar-refractivity contribution is 6.19. The average Bonchev–Trinajstić information content (AvgIpc) is 3.21. The first-order valence-corrected chi connectivity index (χ1v) is 8.98. The maximum absolute atomic E-state index is 14.1. The van der Waals surface area contributed by atoms with Gasteiger partial charge in [-0.25, -0.2) is 9.18 Å². The van der Waals surface area contributed by atoms with Crippen molar-refractivity contribution in [3.05, 3.63) is 70.7 Å². The second kappa shape index (κ2) is 5.34. The molecule has 0 amide bonds. The number of rotatable bonds is 2. The standard InChI is InChI=1S/C21H19FN2O2/c1-2-26-20(25)17-13-5-3-4-6-14(13)18-21(9-10-23-19(17)21)15-11-12(22)7-8-16(15)24-18/h3-8,11,18,23-24H,2,9-10H2,1H3/t18-,21-/m0/s1. The van der Waals surface area contributed by atoms with Crippen LogP contribution in [0.5, 0.6) is 0 Å². The van der Waals surface area contributed by atoms with E-state index in [9.17, 15) is 9.18 Å². The summed E-state index contributed by atoms with van der Waals surface area (Å²) in [5.74, 6) is -0.588. The van der Waals surface area contributed by atoms with Gasteiger partial charge in [0.1, 0.15) is 5.82 Å². The number of nitrogens with one attached hydrogen (secondary N) is 2. The zero-order valence-corrected chi connectivity index (χ0v) is 14.4. The SMILES string of the molecule is CCOC(=O)C1=C2NCC[C@@]23c2cc(F)ccc2N[C@H]3c2ccccc21. The summed E-state index contributed by atoms with van der Waals surface area (Å²) in [6.45, 7) is 2.86. The number of hydrogen-bond donors (Lipinski definition) is 2. The van der Waals surface area contributed by atoms with Crippen LogP contribution in [0.2, 0.25) is 0 Å². The summed E-state index contributed by atoms with van der Waals surface area (Å²) in [6.07, 6.45) is 0.799. The predicted molar refractivity (Wildman–Crippen MR) is 97.1 cm³/mol. The summed E-state index contributed by atoms with van der Waals surface area (Å²) >= 11 is 0. The Labute approximate surface area is 151 Å². The lowest BCUT2D eigenvalue weighted by Crippen LogP contribution is -2.38. The Morgan fingerprint density at radius 1 is 1.31 bits per heavy atom. The molecule has 4 nitrogen and oxygen atoms in total. The van der Waals surface area contributed by atoms with Crippen LogP contribution >= 0.6 is 0 Å². The molecule has 2 aromatic carbocycles. The van der Waals surface area contributed by atoms with Crippen LogP contribution in [0.15, 0.2) is 48.2 Å². The van der Waals surface area contributed by atoms with Crippen molar-refractivity contribution in [2.24, 2.45) is 0 Å². The molecule has 0 aromatic heterocycles. The summed E-state index contributed by atoms with van der Waals surface area (Å²) in [5.41, 5.74) is 4.76. The second-order valence-electron chi connectivity index (χ2n) is 6.97. The summed E-state index contributed by atoms with van der Waals surface area (Å²) in [4.78, 5) is 12.9. The van der Waals surface area contributed by atoms with Crippen molar-refractivity contribution >= 4 is 17.2 Å². The van der Waals surface area contributed by atoms with Gasteiger partial charge in [0.05, 0.1) is 23.6 Å². The molecule has 0 unspecified atom stereocenters. The Kier molecular flexibility index (Phi) is 3.17. The van der Waals surface area contributed by atoms with E-state index in [0.717, 1.165) is 41.0 Å². The van der Waals surface area contributed by atoms with Crippen LogP contribution < -0.4 is 10.6 Å². The van der Waals surface area contributed by atoms with Gasteiger partial charge in [-0.2, -0.15) is 0 Å². The molecule has 1 fully saturated rings. The third-order valence-electron chi connectivity index (χ3n) is 5.79. The molecule has 2 aliphatic heterocycles. The topological polar surface area (TPSA) is 50.4 Å². The lowest BCUT2D eigenvalue weighted by Gasteiger charge is -2.39. The van der Waals surface area contributed by atoms with E-state index in [4.69, 9.17) is 4.74 Å². The normalized spacial score (nSPS) is 24.8. The molecule has 3 aliphatic rings. The van der Waals surface area contributed by atoms with Gasteiger partial charge in [0.15, 0.2) is 0 Å². The molecule has 1 aliphatic carbocycles. The van der Waals surface area contributed by atoms with E-state index >= 15 is 0 Å². The fourth-order valence-electron chi connectivity index (χ4n) is 4.85. The van der Waals surface area contributed by atoms with Crippen molar-refractivity contribution in [2.45, 2.75) is 24.8 Å². The average molecular weight is 350 g/mol. The van der Waals surface area contributed by atoms with Crippen LogP contribution in [0.4, 0.5) is 10.1 Å². The molecule has 0 bridgehead atoms. The van der Waals surface area contributed by atoms with Crippen molar-refractivity contribution < 1.29 is 13.9 Å². The lowest BCUT2D eigenvalue weighted by atomic mass is 9.65. The molecule has 5 rings (SSSR count). The number of hydrogen-bond acceptors (Lipinski definition) is 4. The number of esters is 1. The van der Waals surface area contributed by atoms with E-state index in [-0.39, 0.29) is 17.8 Å². The fraction of sp³-hybridized carbons (Fsp3) is 0.286. The summed E-state index contributed by atoms with van der Waals surface area (Å²) < 4.78 is 19.5. The molecule has 132 valence electrons. The summed E-state index contributed by atoms with van der Waals surface area (Å²) in [5, 5.41) is 7.01. The second-order valence-corrected chi connectivity index (χ2v) is 6.97. The minimum absolute atomic E-state index is 0.0290. The molecule has 26 heavy (non-hydrogen) atoms. The predicted octanol–water partition coefficient (Wildman–Crippen LogP) is 3.51. The molecule has 2 aromatic rings. The number of fused-ring (bicyclic) bond motifs is 3. The van der Waals surface area contributed by atoms with E-state index in [1.54, 1.807) is 19.1 Å². The van der Waals surface area contributed by atoms with Crippen molar-refractivity contribution in [3.63, 3.8) is 0 Å². The molecule has 2 N–H and O–H groups in total. The zero-order valence-electron chi connectivity index (χ0n) is 14.4. The van der Waals surface area contributed by atoms with Gasteiger partial charge in [-0.1, -0.05) is 24.3 Å². The Morgan fingerprint density at radius 3 is 3.00 bits per heavy atom. The Hall–Kier alpha value is -2.82.